The average molecular weight is 566 g/mol. The number of esters is 1. The van der Waals surface area contributed by atoms with E-state index in [9.17, 15) is 14.4 Å². The molecule has 2 amide bonds. The number of nitrogens with zero attached hydrogens (tertiary/aromatic N) is 1. The normalized spacial score (nSPS) is 19.9. The Labute approximate surface area is 245 Å². The van der Waals surface area contributed by atoms with Crippen LogP contribution in [0.25, 0.3) is 0 Å². The van der Waals surface area contributed by atoms with Crippen LogP contribution in [0.3, 0.4) is 0 Å². The summed E-state index contributed by atoms with van der Waals surface area (Å²) in [6, 6.07) is 17.7. The van der Waals surface area contributed by atoms with Gasteiger partial charge in [-0.3, -0.25) is 14.5 Å². The summed E-state index contributed by atoms with van der Waals surface area (Å²) >= 11 is 0. The number of ether oxygens (including phenoxy) is 2. The van der Waals surface area contributed by atoms with Gasteiger partial charge in [0.25, 0.3) is 0 Å². The van der Waals surface area contributed by atoms with E-state index in [1.54, 1.807) is 0 Å². The summed E-state index contributed by atoms with van der Waals surface area (Å²) in [5.41, 5.74) is 1.24. The molecule has 1 aliphatic rings. The minimum Gasteiger partial charge on any atom is -0.459 e. The van der Waals surface area contributed by atoms with Gasteiger partial charge in [0.1, 0.15) is 18.2 Å². The van der Waals surface area contributed by atoms with Crippen molar-refractivity contribution in [2.75, 3.05) is 0 Å². The second-order valence-corrected chi connectivity index (χ2v) is 12.0. The molecule has 1 heterocycles. The Balaban J connectivity index is 1.98. The molecule has 2 N–H and O–H groups in total. The molecule has 1 aliphatic heterocycles. The first kappa shape index (κ1) is 32.1. The number of likely N-dealkylation sites (tertiary alicyclic amines) is 1. The Morgan fingerprint density at radius 2 is 1.54 bits per heavy atom. The van der Waals surface area contributed by atoms with Crippen LogP contribution in [-0.2, 0) is 32.2 Å². The molecule has 8 heteroatoms. The molecule has 0 radical (unpaired) electrons. The molecule has 1 saturated heterocycles. The van der Waals surface area contributed by atoms with Gasteiger partial charge in [0.05, 0.1) is 12.1 Å². The molecule has 1 unspecified atom stereocenters. The summed E-state index contributed by atoms with van der Waals surface area (Å²) in [6.45, 7) is 12.0. The molecule has 4 atom stereocenters. The summed E-state index contributed by atoms with van der Waals surface area (Å²) in [4.78, 5) is 41.3. The van der Waals surface area contributed by atoms with Gasteiger partial charge in [-0.05, 0) is 50.7 Å². The summed E-state index contributed by atoms with van der Waals surface area (Å²) in [5.74, 6) is -0.118. The summed E-state index contributed by atoms with van der Waals surface area (Å²) < 4.78 is 11.4. The lowest BCUT2D eigenvalue weighted by atomic mass is 9.88. The molecule has 8 nitrogen and oxygen atoms in total. The maximum absolute atomic E-state index is 13.6. The van der Waals surface area contributed by atoms with Crippen molar-refractivity contribution in [3.05, 3.63) is 71.8 Å². The minimum atomic E-state index is -0.669. The van der Waals surface area contributed by atoms with Crippen molar-refractivity contribution in [3.63, 3.8) is 0 Å². The minimum absolute atomic E-state index is 0.135. The van der Waals surface area contributed by atoms with Gasteiger partial charge >= 0.3 is 12.1 Å². The molecule has 0 aromatic heterocycles. The Morgan fingerprint density at radius 1 is 0.951 bits per heavy atom. The van der Waals surface area contributed by atoms with E-state index in [1.807, 2.05) is 81.4 Å². The predicted octanol–water partition coefficient (Wildman–Crippen LogP) is 5.60. The quantitative estimate of drug-likeness (QED) is 0.326. The number of hydrogen-bond acceptors (Lipinski definition) is 6. The molecule has 1 fully saturated rings. The smallest absolute Gasteiger partial charge is 0.407 e. The highest BCUT2D eigenvalue weighted by Gasteiger charge is 2.50. The first-order chi connectivity index (χ1) is 19.5. The van der Waals surface area contributed by atoms with Crippen molar-refractivity contribution >= 4 is 18.0 Å². The van der Waals surface area contributed by atoms with E-state index in [1.165, 1.54) is 6.92 Å². The van der Waals surface area contributed by atoms with E-state index in [0.717, 1.165) is 30.4 Å². The van der Waals surface area contributed by atoms with Gasteiger partial charge in [0, 0.05) is 19.5 Å². The summed E-state index contributed by atoms with van der Waals surface area (Å²) in [6.07, 6.45) is 2.43. The maximum Gasteiger partial charge on any atom is 0.407 e. The SMILES string of the molecule is CCC(CC)C[C@H](NC(C)=O)[C@H]1[C@H](NC(=O)OCc2ccccc2)CC(C(=O)OC(C)(C)C)N1Cc1ccccc1. The van der Waals surface area contributed by atoms with Crippen LogP contribution in [0, 0.1) is 5.92 Å². The lowest BCUT2D eigenvalue weighted by Crippen LogP contribution is -2.58. The maximum atomic E-state index is 13.6. The van der Waals surface area contributed by atoms with Crippen molar-refractivity contribution in [1.82, 2.24) is 15.5 Å². The standard InChI is InChI=1S/C33H47N3O5/c1-7-24(8-2)19-27(34-23(3)37)30-28(35-32(39)40-22-26-17-13-10-14-18-26)20-29(31(38)41-33(4,5)6)36(30)21-25-15-11-9-12-16-25/h9-18,24,27-30H,7-8,19-22H2,1-6H3,(H,34,37)(H,35,39)/t27-,28+,29?,30-/m0/s1. The van der Waals surface area contributed by atoms with E-state index < -0.39 is 23.8 Å². The second-order valence-electron chi connectivity index (χ2n) is 12.0. The number of carbonyl (C=O) groups is 3. The van der Waals surface area contributed by atoms with Gasteiger partial charge in [-0.15, -0.1) is 0 Å². The third-order valence-corrected chi connectivity index (χ3v) is 7.62. The van der Waals surface area contributed by atoms with Crippen LogP contribution in [0.1, 0.15) is 78.4 Å². The van der Waals surface area contributed by atoms with Gasteiger partial charge in [-0.25, -0.2) is 4.79 Å². The highest BCUT2D eigenvalue weighted by Crippen LogP contribution is 2.34. The van der Waals surface area contributed by atoms with E-state index in [4.69, 9.17) is 9.47 Å². The molecule has 0 aliphatic carbocycles. The first-order valence-corrected chi connectivity index (χ1v) is 14.8. The number of amides is 2. The van der Waals surface area contributed by atoms with Gasteiger partial charge in [-0.1, -0.05) is 87.4 Å². The molecule has 0 bridgehead atoms. The second kappa shape index (κ2) is 15.0. The van der Waals surface area contributed by atoms with Gasteiger partial charge < -0.3 is 20.1 Å². The third kappa shape index (κ3) is 9.88. The van der Waals surface area contributed by atoms with Crippen molar-refractivity contribution in [2.24, 2.45) is 5.92 Å². The molecule has 0 saturated carbocycles. The number of rotatable bonds is 12. The fourth-order valence-corrected chi connectivity index (χ4v) is 5.66. The number of hydrogen-bond donors (Lipinski definition) is 2. The molecular formula is C33H47N3O5. The molecule has 224 valence electrons. The van der Waals surface area contributed by atoms with Crippen LogP contribution in [0.2, 0.25) is 0 Å². The fraction of sp³-hybridized carbons (Fsp3) is 0.545. The molecule has 0 spiro atoms. The Morgan fingerprint density at radius 3 is 2.07 bits per heavy atom. The zero-order valence-electron chi connectivity index (χ0n) is 25.4. The first-order valence-electron chi connectivity index (χ1n) is 14.8. The average Bonchev–Trinajstić information content (AvgIpc) is 3.27. The van der Waals surface area contributed by atoms with Crippen molar-refractivity contribution < 1.29 is 23.9 Å². The number of nitrogens with one attached hydrogen (secondary N) is 2. The lowest BCUT2D eigenvalue weighted by molar-refractivity contribution is -0.161. The summed E-state index contributed by atoms with van der Waals surface area (Å²) in [7, 11) is 0. The zero-order chi connectivity index (χ0) is 30.0. The predicted molar refractivity (Wildman–Crippen MR) is 160 cm³/mol. The lowest BCUT2D eigenvalue weighted by Gasteiger charge is -2.38. The monoisotopic (exact) mass is 565 g/mol. The molecule has 41 heavy (non-hydrogen) atoms. The Kier molecular flexibility index (Phi) is 11.8. The Hall–Kier alpha value is -3.39. The number of carbonyl (C=O) groups excluding carboxylic acids is 3. The molecular weight excluding hydrogens is 518 g/mol. The number of benzene rings is 2. The van der Waals surface area contributed by atoms with Crippen molar-refractivity contribution in [1.29, 1.82) is 0 Å². The van der Waals surface area contributed by atoms with Crippen LogP contribution >= 0.6 is 0 Å². The van der Waals surface area contributed by atoms with Crippen LogP contribution in [0.15, 0.2) is 60.7 Å². The number of alkyl carbamates (subject to hydrolysis) is 1. The van der Waals surface area contributed by atoms with Crippen LogP contribution < -0.4 is 10.6 Å². The van der Waals surface area contributed by atoms with E-state index in [0.29, 0.717) is 18.9 Å². The molecule has 3 rings (SSSR count). The topological polar surface area (TPSA) is 97.0 Å². The van der Waals surface area contributed by atoms with Gasteiger partial charge in [0.15, 0.2) is 0 Å². The van der Waals surface area contributed by atoms with Crippen molar-refractivity contribution in [3.8, 4) is 0 Å². The third-order valence-electron chi connectivity index (χ3n) is 7.62. The highest BCUT2D eigenvalue weighted by molar-refractivity contribution is 5.78. The summed E-state index contributed by atoms with van der Waals surface area (Å²) in [5, 5.41) is 6.24. The van der Waals surface area contributed by atoms with Crippen LogP contribution in [0.5, 0.6) is 0 Å². The molecule has 2 aromatic carbocycles. The van der Waals surface area contributed by atoms with Gasteiger partial charge in [0.2, 0.25) is 5.91 Å². The Bertz CT molecular complexity index is 1110. The van der Waals surface area contributed by atoms with E-state index in [-0.39, 0.29) is 30.6 Å². The van der Waals surface area contributed by atoms with E-state index in [2.05, 4.69) is 29.4 Å². The zero-order valence-corrected chi connectivity index (χ0v) is 25.4. The largest absolute Gasteiger partial charge is 0.459 e. The van der Waals surface area contributed by atoms with E-state index >= 15 is 0 Å². The fourth-order valence-electron chi connectivity index (χ4n) is 5.66. The van der Waals surface area contributed by atoms with Crippen molar-refractivity contribution in [2.45, 2.75) is 110 Å². The highest BCUT2D eigenvalue weighted by atomic mass is 16.6. The van der Waals surface area contributed by atoms with Gasteiger partial charge in [-0.2, -0.15) is 0 Å². The van der Waals surface area contributed by atoms with Crippen LogP contribution in [0.4, 0.5) is 4.79 Å². The molecule has 2 aromatic rings. The van der Waals surface area contributed by atoms with Crippen LogP contribution in [-0.4, -0.2) is 52.6 Å².